The van der Waals surface area contributed by atoms with Crippen molar-refractivity contribution in [3.63, 3.8) is 0 Å². The number of ketones is 1. The van der Waals surface area contributed by atoms with Crippen LogP contribution in [0.4, 0.5) is 0 Å². The number of rotatable bonds is 13. The Balaban J connectivity index is 3.24. The van der Waals surface area contributed by atoms with E-state index in [-0.39, 0.29) is 5.78 Å². The van der Waals surface area contributed by atoms with Crippen LogP contribution >= 0.6 is 0 Å². The van der Waals surface area contributed by atoms with Crippen LogP contribution in [0.25, 0.3) is 0 Å². The second-order valence-electron chi connectivity index (χ2n) is 4.79. The van der Waals surface area contributed by atoms with Gasteiger partial charge in [-0.2, -0.15) is 0 Å². The molecule has 0 aromatic heterocycles. The van der Waals surface area contributed by atoms with E-state index in [0.717, 1.165) is 37.8 Å². The predicted molar refractivity (Wildman–Crippen MR) is 78.1 cm³/mol. The minimum atomic E-state index is -1.06. The highest BCUT2D eigenvalue weighted by Crippen LogP contribution is 2.10. The Hall–Kier alpha value is -1.38. The summed E-state index contributed by atoms with van der Waals surface area (Å²) in [5.74, 6) is -1.16. The summed E-state index contributed by atoms with van der Waals surface area (Å²) in [5.41, 5.74) is 0. The highest BCUT2D eigenvalue weighted by Gasteiger charge is 1.98. The molecule has 0 aliphatic carbocycles. The van der Waals surface area contributed by atoms with Crippen LogP contribution in [0.3, 0.4) is 0 Å². The SMILES string of the molecule is C=CCCCCCCCCCCC(=O)C=CC(=O)O. The Morgan fingerprint density at radius 1 is 0.842 bits per heavy atom. The predicted octanol–water partition coefficient (Wildman–Crippen LogP) is 4.28. The van der Waals surface area contributed by atoms with Gasteiger partial charge in [-0.15, -0.1) is 6.58 Å². The molecule has 0 radical (unpaired) electrons. The Kier molecular flexibility index (Phi) is 12.1. The van der Waals surface area contributed by atoms with Crippen LogP contribution < -0.4 is 0 Å². The molecular formula is C16H26O3. The highest BCUT2D eigenvalue weighted by molar-refractivity contribution is 5.95. The number of unbranched alkanes of at least 4 members (excludes halogenated alkanes) is 8. The van der Waals surface area contributed by atoms with E-state index in [1.54, 1.807) is 0 Å². The molecule has 0 heterocycles. The van der Waals surface area contributed by atoms with Gasteiger partial charge < -0.3 is 5.11 Å². The van der Waals surface area contributed by atoms with Crippen molar-refractivity contribution in [2.75, 3.05) is 0 Å². The van der Waals surface area contributed by atoms with Crippen LogP contribution in [-0.4, -0.2) is 16.9 Å². The smallest absolute Gasteiger partial charge is 0.328 e. The van der Waals surface area contributed by atoms with Gasteiger partial charge >= 0.3 is 5.97 Å². The fourth-order valence-electron chi connectivity index (χ4n) is 1.90. The summed E-state index contributed by atoms with van der Waals surface area (Å²) in [6.07, 6.45) is 15.0. The largest absolute Gasteiger partial charge is 0.478 e. The summed E-state index contributed by atoms with van der Waals surface area (Å²) in [5, 5.41) is 8.36. The zero-order valence-corrected chi connectivity index (χ0v) is 11.8. The van der Waals surface area contributed by atoms with Gasteiger partial charge in [0.25, 0.3) is 0 Å². The molecule has 0 unspecified atom stereocenters. The summed E-state index contributed by atoms with van der Waals surface area (Å²) < 4.78 is 0. The summed E-state index contributed by atoms with van der Waals surface area (Å²) in [6, 6.07) is 0. The van der Waals surface area contributed by atoms with E-state index in [0.29, 0.717) is 6.42 Å². The second-order valence-corrected chi connectivity index (χ2v) is 4.79. The molecule has 0 aromatic carbocycles. The van der Waals surface area contributed by atoms with Crippen LogP contribution in [0.5, 0.6) is 0 Å². The second kappa shape index (κ2) is 13.1. The lowest BCUT2D eigenvalue weighted by molar-refractivity contribution is -0.131. The van der Waals surface area contributed by atoms with Gasteiger partial charge in [-0.25, -0.2) is 4.79 Å². The monoisotopic (exact) mass is 266 g/mol. The zero-order chi connectivity index (χ0) is 14.3. The third-order valence-electron chi connectivity index (χ3n) is 2.99. The van der Waals surface area contributed by atoms with Crippen molar-refractivity contribution in [2.45, 2.75) is 64.2 Å². The fourth-order valence-corrected chi connectivity index (χ4v) is 1.90. The van der Waals surface area contributed by atoms with Crippen LogP contribution in [0.1, 0.15) is 64.2 Å². The molecule has 19 heavy (non-hydrogen) atoms. The Morgan fingerprint density at radius 3 is 1.89 bits per heavy atom. The number of carboxylic acids is 1. The molecule has 0 amide bonds. The third kappa shape index (κ3) is 14.6. The van der Waals surface area contributed by atoms with Crippen molar-refractivity contribution in [1.82, 2.24) is 0 Å². The number of hydrogen-bond donors (Lipinski definition) is 1. The zero-order valence-electron chi connectivity index (χ0n) is 11.8. The Morgan fingerprint density at radius 2 is 1.37 bits per heavy atom. The quantitative estimate of drug-likeness (QED) is 0.307. The van der Waals surface area contributed by atoms with Crippen molar-refractivity contribution in [2.24, 2.45) is 0 Å². The third-order valence-corrected chi connectivity index (χ3v) is 2.99. The molecule has 3 nitrogen and oxygen atoms in total. The number of carbonyl (C=O) groups is 2. The summed E-state index contributed by atoms with van der Waals surface area (Å²) in [7, 11) is 0. The number of hydrogen-bond acceptors (Lipinski definition) is 2. The Labute approximate surface area is 116 Å². The highest BCUT2D eigenvalue weighted by atomic mass is 16.4. The van der Waals surface area contributed by atoms with Crippen molar-refractivity contribution < 1.29 is 14.7 Å². The van der Waals surface area contributed by atoms with Crippen molar-refractivity contribution in [3.8, 4) is 0 Å². The molecule has 0 saturated carbocycles. The first-order valence-corrected chi connectivity index (χ1v) is 7.21. The van der Waals surface area contributed by atoms with Gasteiger partial charge in [0.15, 0.2) is 5.78 Å². The minimum Gasteiger partial charge on any atom is -0.478 e. The molecule has 0 aromatic rings. The average Bonchev–Trinajstić information content (AvgIpc) is 2.38. The molecule has 0 aliphatic heterocycles. The molecule has 0 atom stereocenters. The standard InChI is InChI=1S/C16H26O3/c1-2-3-4-5-6-7-8-9-10-11-12-15(17)13-14-16(18)19/h2,13-14H,1,3-12H2,(H,18,19). The molecule has 3 heteroatoms. The molecule has 0 spiro atoms. The first-order valence-electron chi connectivity index (χ1n) is 7.21. The minimum absolute atomic E-state index is 0.0909. The lowest BCUT2D eigenvalue weighted by Gasteiger charge is -2.01. The summed E-state index contributed by atoms with van der Waals surface area (Å²) >= 11 is 0. The van der Waals surface area contributed by atoms with Gasteiger partial charge in [0.1, 0.15) is 0 Å². The van der Waals surface area contributed by atoms with Crippen LogP contribution in [0.15, 0.2) is 24.8 Å². The van der Waals surface area contributed by atoms with Crippen molar-refractivity contribution in [3.05, 3.63) is 24.8 Å². The first-order chi connectivity index (χ1) is 9.16. The van der Waals surface area contributed by atoms with Crippen LogP contribution in [0.2, 0.25) is 0 Å². The maximum Gasteiger partial charge on any atom is 0.328 e. The first kappa shape index (κ1) is 17.6. The van der Waals surface area contributed by atoms with Gasteiger partial charge in [0, 0.05) is 12.5 Å². The molecule has 0 bridgehead atoms. The molecule has 0 aliphatic rings. The van der Waals surface area contributed by atoms with Gasteiger partial charge in [0.05, 0.1) is 0 Å². The van der Waals surface area contributed by atoms with Crippen molar-refractivity contribution in [1.29, 1.82) is 0 Å². The van der Waals surface area contributed by atoms with Gasteiger partial charge in [-0.3, -0.25) is 4.79 Å². The summed E-state index contributed by atoms with van der Waals surface area (Å²) in [6.45, 7) is 3.70. The molecule has 1 N–H and O–H groups in total. The van der Waals surface area contributed by atoms with E-state index < -0.39 is 5.97 Å². The van der Waals surface area contributed by atoms with E-state index in [1.165, 1.54) is 32.1 Å². The normalized spacial score (nSPS) is 10.7. The number of carbonyl (C=O) groups excluding carboxylic acids is 1. The fraction of sp³-hybridized carbons (Fsp3) is 0.625. The van der Waals surface area contributed by atoms with E-state index >= 15 is 0 Å². The molecule has 0 saturated heterocycles. The van der Waals surface area contributed by atoms with E-state index in [4.69, 9.17) is 5.11 Å². The topological polar surface area (TPSA) is 54.4 Å². The molecule has 0 fully saturated rings. The number of allylic oxidation sites excluding steroid dienone is 2. The number of carboxylic acid groups (broad SMARTS) is 1. The maximum absolute atomic E-state index is 11.2. The summed E-state index contributed by atoms with van der Waals surface area (Å²) in [4.78, 5) is 21.4. The van der Waals surface area contributed by atoms with E-state index in [2.05, 4.69) is 6.58 Å². The lowest BCUT2D eigenvalue weighted by atomic mass is 10.1. The Bertz CT molecular complexity index is 292. The maximum atomic E-state index is 11.2. The van der Waals surface area contributed by atoms with Crippen LogP contribution in [0, 0.1) is 0 Å². The molecular weight excluding hydrogens is 240 g/mol. The van der Waals surface area contributed by atoms with Gasteiger partial charge in [-0.1, -0.05) is 44.6 Å². The van der Waals surface area contributed by atoms with Crippen LogP contribution in [-0.2, 0) is 9.59 Å². The van der Waals surface area contributed by atoms with E-state index in [1.807, 2.05) is 6.08 Å². The lowest BCUT2D eigenvalue weighted by Crippen LogP contribution is -1.95. The van der Waals surface area contributed by atoms with Gasteiger partial charge in [-0.05, 0) is 25.3 Å². The van der Waals surface area contributed by atoms with E-state index in [9.17, 15) is 9.59 Å². The average molecular weight is 266 g/mol. The molecule has 0 rings (SSSR count). The van der Waals surface area contributed by atoms with Crippen molar-refractivity contribution >= 4 is 11.8 Å². The number of aliphatic carboxylic acids is 1. The molecule has 108 valence electrons. The van der Waals surface area contributed by atoms with Gasteiger partial charge in [0.2, 0.25) is 0 Å².